The number of hydrogen-bond donors (Lipinski definition) is 3. The number of anilines is 1. The number of ether oxygens (including phenoxy) is 1. The van der Waals surface area contributed by atoms with E-state index in [9.17, 15) is 9.59 Å². The number of nitrogens with one attached hydrogen (secondary N) is 2. The maximum atomic E-state index is 12.2. The van der Waals surface area contributed by atoms with Gasteiger partial charge in [-0.05, 0) is 26.8 Å². The number of aromatic nitrogens is 2. The first-order valence-corrected chi connectivity index (χ1v) is 9.56. The molecule has 0 aliphatic heterocycles. The van der Waals surface area contributed by atoms with E-state index in [2.05, 4.69) is 10.3 Å². The highest BCUT2D eigenvalue weighted by Gasteiger charge is 2.17. The van der Waals surface area contributed by atoms with Crippen LogP contribution in [-0.2, 0) is 14.3 Å². The van der Waals surface area contributed by atoms with Crippen LogP contribution in [-0.4, -0.2) is 32.7 Å². The number of carbonyl (C=O) groups excluding carboxylic acids is 2. The van der Waals surface area contributed by atoms with E-state index in [1.54, 1.807) is 51.2 Å². The van der Waals surface area contributed by atoms with Crippen LogP contribution >= 0.6 is 0 Å². The average molecular weight is 407 g/mol. The number of fused-ring (bicyclic) bond motifs is 1. The molecule has 8 heteroatoms. The Labute approximate surface area is 174 Å². The Hall–Kier alpha value is -3.68. The number of nitrogen functional groups attached to an aromatic ring is 1. The first kappa shape index (κ1) is 21.0. The average Bonchev–Trinajstić information content (AvgIpc) is 3.08. The summed E-state index contributed by atoms with van der Waals surface area (Å²) in [5.74, 6) is -0.651. The van der Waals surface area contributed by atoms with Gasteiger partial charge in [0.25, 0.3) is 0 Å². The normalized spacial score (nSPS) is 11.3. The molecular weight excluding hydrogens is 382 g/mol. The molecule has 30 heavy (non-hydrogen) atoms. The van der Waals surface area contributed by atoms with Gasteiger partial charge in [-0.25, -0.2) is 4.98 Å². The first-order chi connectivity index (χ1) is 14.1. The summed E-state index contributed by atoms with van der Waals surface area (Å²) in [6.45, 7) is 5.37. The van der Waals surface area contributed by atoms with Crippen molar-refractivity contribution in [2.75, 3.05) is 5.32 Å². The number of amidine groups is 1. The molecule has 3 aromatic rings. The van der Waals surface area contributed by atoms with Gasteiger partial charge in [-0.3, -0.25) is 15.0 Å². The van der Waals surface area contributed by atoms with Crippen molar-refractivity contribution in [3.8, 4) is 11.3 Å². The second-order valence-electron chi connectivity index (χ2n) is 7.93. The summed E-state index contributed by atoms with van der Waals surface area (Å²) >= 11 is 0. The van der Waals surface area contributed by atoms with Gasteiger partial charge in [0.15, 0.2) is 0 Å². The number of carbonyl (C=O) groups is 2. The summed E-state index contributed by atoms with van der Waals surface area (Å²) in [6.07, 6.45) is 3.75. The van der Waals surface area contributed by atoms with Gasteiger partial charge < -0.3 is 20.2 Å². The number of pyridine rings is 1. The third-order valence-electron chi connectivity index (χ3n) is 4.21. The van der Waals surface area contributed by atoms with Crippen molar-refractivity contribution in [2.45, 2.75) is 39.2 Å². The lowest BCUT2D eigenvalue weighted by Crippen LogP contribution is -2.24. The van der Waals surface area contributed by atoms with Crippen LogP contribution in [0.2, 0.25) is 0 Å². The van der Waals surface area contributed by atoms with Gasteiger partial charge in [0, 0.05) is 41.7 Å². The van der Waals surface area contributed by atoms with E-state index in [1.165, 1.54) is 0 Å². The van der Waals surface area contributed by atoms with Gasteiger partial charge in [-0.15, -0.1) is 0 Å². The smallest absolute Gasteiger partial charge is 0.306 e. The Morgan fingerprint density at radius 1 is 1.17 bits per heavy atom. The van der Waals surface area contributed by atoms with Crippen molar-refractivity contribution in [1.29, 1.82) is 5.41 Å². The topological polar surface area (TPSA) is 123 Å². The largest absolute Gasteiger partial charge is 0.460 e. The molecule has 1 aromatic carbocycles. The SMILES string of the molecule is CC(C)(C)OC(=O)CCC(=O)Nc1ccn2cc(-c3ccc(C(=N)N)cc3)nc2c1. The standard InChI is InChI=1S/C22H25N5O3/c1-22(2,3)30-20(29)9-8-19(28)25-16-10-11-27-13-17(26-18(27)12-16)14-4-6-15(7-5-14)21(23)24/h4-7,10-13H,8-9H2,1-3H3,(H3,23,24)(H,25,28). The van der Waals surface area contributed by atoms with Gasteiger partial charge in [0.05, 0.1) is 12.1 Å². The van der Waals surface area contributed by atoms with Crippen LogP contribution in [0.1, 0.15) is 39.2 Å². The molecule has 0 spiro atoms. The van der Waals surface area contributed by atoms with Crippen LogP contribution in [0.15, 0.2) is 48.8 Å². The number of rotatable bonds is 6. The summed E-state index contributed by atoms with van der Waals surface area (Å²) in [5.41, 5.74) is 8.50. The fourth-order valence-electron chi connectivity index (χ4n) is 2.85. The second kappa shape index (κ2) is 8.36. The maximum Gasteiger partial charge on any atom is 0.306 e. The van der Waals surface area contributed by atoms with Crippen molar-refractivity contribution in [2.24, 2.45) is 5.73 Å². The Morgan fingerprint density at radius 2 is 1.87 bits per heavy atom. The molecule has 0 radical (unpaired) electrons. The fraction of sp³-hybridized carbons (Fsp3) is 0.273. The van der Waals surface area contributed by atoms with Crippen LogP contribution in [0.25, 0.3) is 16.9 Å². The van der Waals surface area contributed by atoms with Crippen LogP contribution in [0.4, 0.5) is 5.69 Å². The number of nitrogens with zero attached hydrogens (tertiary/aromatic N) is 2. The number of benzene rings is 1. The summed E-state index contributed by atoms with van der Waals surface area (Å²) < 4.78 is 7.06. The van der Waals surface area contributed by atoms with Gasteiger partial charge in [-0.1, -0.05) is 24.3 Å². The van der Waals surface area contributed by atoms with E-state index in [4.69, 9.17) is 15.9 Å². The van der Waals surface area contributed by atoms with Gasteiger partial charge in [0.2, 0.25) is 5.91 Å². The Morgan fingerprint density at radius 3 is 2.50 bits per heavy atom. The molecule has 0 fully saturated rings. The van der Waals surface area contributed by atoms with Crippen LogP contribution < -0.4 is 11.1 Å². The van der Waals surface area contributed by atoms with Crippen molar-refractivity contribution in [1.82, 2.24) is 9.38 Å². The van der Waals surface area contributed by atoms with E-state index in [1.807, 2.05) is 22.7 Å². The molecule has 0 bridgehead atoms. The Bertz CT molecular complexity index is 1090. The minimum atomic E-state index is -0.566. The molecule has 8 nitrogen and oxygen atoms in total. The lowest BCUT2D eigenvalue weighted by Gasteiger charge is -2.19. The molecule has 3 rings (SSSR count). The van der Waals surface area contributed by atoms with Gasteiger partial charge >= 0.3 is 5.97 Å². The molecule has 0 aliphatic rings. The molecule has 0 atom stereocenters. The van der Waals surface area contributed by atoms with Crippen molar-refractivity contribution >= 4 is 29.0 Å². The summed E-state index contributed by atoms with van der Waals surface area (Å²) in [7, 11) is 0. The molecule has 2 heterocycles. The van der Waals surface area contributed by atoms with Crippen LogP contribution in [0.5, 0.6) is 0 Å². The Kier molecular flexibility index (Phi) is 5.86. The number of nitrogens with two attached hydrogens (primary N) is 1. The Balaban J connectivity index is 1.66. The number of imidazole rings is 1. The third-order valence-corrected chi connectivity index (χ3v) is 4.21. The summed E-state index contributed by atoms with van der Waals surface area (Å²) in [6, 6.07) is 10.8. The molecule has 0 aliphatic carbocycles. The van der Waals surface area contributed by atoms with Crippen molar-refractivity contribution in [3.63, 3.8) is 0 Å². The number of amides is 1. The number of hydrogen-bond acceptors (Lipinski definition) is 5. The zero-order valence-electron chi connectivity index (χ0n) is 17.2. The molecule has 2 aromatic heterocycles. The highest BCUT2D eigenvalue weighted by atomic mass is 16.6. The molecule has 4 N–H and O–H groups in total. The minimum absolute atomic E-state index is 0.0172. The lowest BCUT2D eigenvalue weighted by atomic mass is 10.1. The predicted octanol–water partition coefficient (Wildman–Crippen LogP) is 3.35. The van der Waals surface area contributed by atoms with Crippen molar-refractivity contribution < 1.29 is 14.3 Å². The predicted molar refractivity (Wildman–Crippen MR) is 115 cm³/mol. The van der Waals surface area contributed by atoms with E-state index in [0.717, 1.165) is 11.3 Å². The van der Waals surface area contributed by atoms with Gasteiger partial charge in [0.1, 0.15) is 17.1 Å². The number of esters is 1. The molecule has 156 valence electrons. The molecule has 0 saturated carbocycles. The highest BCUT2D eigenvalue weighted by Crippen LogP contribution is 2.21. The van der Waals surface area contributed by atoms with E-state index < -0.39 is 11.6 Å². The maximum absolute atomic E-state index is 12.2. The van der Waals surface area contributed by atoms with Crippen molar-refractivity contribution in [3.05, 3.63) is 54.4 Å². The van der Waals surface area contributed by atoms with E-state index in [0.29, 0.717) is 16.9 Å². The minimum Gasteiger partial charge on any atom is -0.460 e. The zero-order chi connectivity index (χ0) is 21.9. The fourth-order valence-corrected chi connectivity index (χ4v) is 2.85. The second-order valence-corrected chi connectivity index (χ2v) is 7.93. The van der Waals surface area contributed by atoms with Gasteiger partial charge in [-0.2, -0.15) is 0 Å². The quantitative estimate of drug-likeness (QED) is 0.328. The molecule has 0 unspecified atom stereocenters. The van der Waals surface area contributed by atoms with E-state index >= 15 is 0 Å². The van der Waals surface area contributed by atoms with Crippen LogP contribution in [0, 0.1) is 5.41 Å². The zero-order valence-corrected chi connectivity index (χ0v) is 17.2. The highest BCUT2D eigenvalue weighted by molar-refractivity contribution is 5.95. The molecule has 1 amide bonds. The third kappa shape index (κ3) is 5.44. The molecule has 0 saturated heterocycles. The first-order valence-electron chi connectivity index (χ1n) is 9.56. The van der Waals surface area contributed by atoms with Crippen LogP contribution in [0.3, 0.4) is 0 Å². The monoisotopic (exact) mass is 407 g/mol. The lowest BCUT2D eigenvalue weighted by molar-refractivity contribution is -0.155. The summed E-state index contributed by atoms with van der Waals surface area (Å²) in [5, 5.41) is 10.3. The van der Waals surface area contributed by atoms with E-state index in [-0.39, 0.29) is 24.6 Å². The summed E-state index contributed by atoms with van der Waals surface area (Å²) in [4.78, 5) is 28.5. The molecular formula is C22H25N5O3.